The topological polar surface area (TPSA) is 24.9 Å². The van der Waals surface area contributed by atoms with Crippen LogP contribution >= 0.6 is 11.3 Å². The van der Waals surface area contributed by atoms with Gasteiger partial charge in [-0.15, -0.1) is 11.3 Å². The molecule has 2 nitrogen and oxygen atoms in total. The molecule has 0 amide bonds. The zero-order chi connectivity index (χ0) is 11.5. The Bertz CT molecular complexity index is 328. The molecule has 0 aliphatic heterocycles. The van der Waals surface area contributed by atoms with Crippen LogP contribution in [0.1, 0.15) is 56.7 Å². The van der Waals surface area contributed by atoms with E-state index < -0.39 is 0 Å². The van der Waals surface area contributed by atoms with Crippen molar-refractivity contribution in [3.8, 4) is 0 Å². The highest BCUT2D eigenvalue weighted by Gasteiger charge is 2.26. The first-order valence-electron chi connectivity index (χ1n) is 6.38. The molecular formula is C13H22N2S. The summed E-state index contributed by atoms with van der Waals surface area (Å²) in [6, 6.07) is 0.619. The summed E-state index contributed by atoms with van der Waals surface area (Å²) >= 11 is 1.81. The van der Waals surface area contributed by atoms with Gasteiger partial charge in [0.25, 0.3) is 0 Å². The van der Waals surface area contributed by atoms with Crippen LogP contribution in [-0.2, 0) is 6.54 Å². The predicted molar refractivity (Wildman–Crippen MR) is 69.8 cm³/mol. The van der Waals surface area contributed by atoms with Gasteiger partial charge in [0.1, 0.15) is 5.01 Å². The minimum atomic E-state index is 0.619. The van der Waals surface area contributed by atoms with Gasteiger partial charge in [-0.2, -0.15) is 0 Å². The number of hydrogen-bond acceptors (Lipinski definition) is 3. The highest BCUT2D eigenvalue weighted by atomic mass is 32.1. The van der Waals surface area contributed by atoms with E-state index in [0.29, 0.717) is 12.0 Å². The summed E-state index contributed by atoms with van der Waals surface area (Å²) < 4.78 is 0. The molecule has 0 radical (unpaired) electrons. The molecule has 0 spiro atoms. The molecule has 1 aromatic heterocycles. The van der Waals surface area contributed by atoms with Gasteiger partial charge >= 0.3 is 0 Å². The third kappa shape index (κ3) is 3.05. The fraction of sp³-hybridized carbons (Fsp3) is 0.769. The zero-order valence-corrected chi connectivity index (χ0v) is 11.3. The molecule has 1 saturated carbocycles. The van der Waals surface area contributed by atoms with E-state index in [1.165, 1.54) is 30.0 Å². The van der Waals surface area contributed by atoms with Gasteiger partial charge in [-0.05, 0) is 25.2 Å². The van der Waals surface area contributed by atoms with E-state index in [9.17, 15) is 0 Å². The van der Waals surface area contributed by atoms with Crippen LogP contribution in [0.4, 0.5) is 0 Å². The van der Waals surface area contributed by atoms with Crippen molar-refractivity contribution in [2.75, 3.05) is 0 Å². The van der Waals surface area contributed by atoms with Gasteiger partial charge in [0, 0.05) is 23.9 Å². The molecule has 1 aromatic rings. The van der Waals surface area contributed by atoms with E-state index in [2.05, 4.69) is 31.5 Å². The Morgan fingerprint density at radius 3 is 2.81 bits per heavy atom. The maximum absolute atomic E-state index is 4.69. The number of hydrogen-bond donors (Lipinski definition) is 1. The number of nitrogens with zero attached hydrogens (tertiary/aromatic N) is 1. The summed E-state index contributed by atoms with van der Waals surface area (Å²) in [5.74, 6) is 1.49. The molecule has 2 rings (SSSR count). The Balaban J connectivity index is 1.83. The molecule has 3 heteroatoms. The largest absolute Gasteiger partial charge is 0.307 e. The second-order valence-corrected chi connectivity index (χ2v) is 6.02. The predicted octanol–water partition coefficient (Wildman–Crippen LogP) is 3.54. The lowest BCUT2D eigenvalue weighted by Gasteiger charge is -2.19. The second kappa shape index (κ2) is 5.28. The molecule has 90 valence electrons. The van der Waals surface area contributed by atoms with Gasteiger partial charge < -0.3 is 5.32 Å². The Morgan fingerprint density at radius 2 is 2.25 bits per heavy atom. The lowest BCUT2D eigenvalue weighted by Crippen LogP contribution is -2.32. The maximum Gasteiger partial charge on any atom is 0.107 e. The first-order chi connectivity index (χ1) is 7.70. The Labute approximate surface area is 102 Å². The van der Waals surface area contributed by atoms with Gasteiger partial charge in [0.05, 0.1) is 5.69 Å². The standard InChI is InChI=1S/C13H22N2S/c1-4-11(9(2)3)14-7-13-15-12(8-16-13)10-5-6-10/h8-11,14H,4-7H2,1-3H3. The summed E-state index contributed by atoms with van der Waals surface area (Å²) in [5, 5.41) is 7.10. The highest BCUT2D eigenvalue weighted by Crippen LogP contribution is 2.40. The van der Waals surface area contributed by atoms with E-state index in [0.717, 1.165) is 12.5 Å². The van der Waals surface area contributed by atoms with Crippen LogP contribution in [0.2, 0.25) is 0 Å². The highest BCUT2D eigenvalue weighted by molar-refractivity contribution is 7.09. The lowest BCUT2D eigenvalue weighted by molar-refractivity contribution is 0.387. The molecule has 1 unspecified atom stereocenters. The lowest BCUT2D eigenvalue weighted by atomic mass is 10.0. The molecule has 1 atom stereocenters. The SMILES string of the molecule is CCC(NCc1nc(C2CC2)cs1)C(C)C. The first kappa shape index (κ1) is 12.1. The molecule has 1 heterocycles. The van der Waals surface area contributed by atoms with Gasteiger partial charge in [0.2, 0.25) is 0 Å². The molecule has 0 bridgehead atoms. The van der Waals surface area contributed by atoms with Crippen molar-refractivity contribution in [2.24, 2.45) is 5.92 Å². The quantitative estimate of drug-likeness (QED) is 0.820. The summed E-state index contributed by atoms with van der Waals surface area (Å²) in [7, 11) is 0. The summed E-state index contributed by atoms with van der Waals surface area (Å²) in [4.78, 5) is 4.69. The van der Waals surface area contributed by atoms with E-state index in [-0.39, 0.29) is 0 Å². The minimum Gasteiger partial charge on any atom is -0.307 e. The number of nitrogens with one attached hydrogen (secondary N) is 1. The molecule has 0 aromatic carbocycles. The van der Waals surface area contributed by atoms with Crippen LogP contribution in [0.15, 0.2) is 5.38 Å². The van der Waals surface area contributed by atoms with Gasteiger partial charge in [-0.1, -0.05) is 20.8 Å². The third-order valence-corrected chi connectivity index (χ3v) is 4.19. The third-order valence-electron chi connectivity index (χ3n) is 3.33. The summed E-state index contributed by atoms with van der Waals surface area (Å²) in [6.07, 6.45) is 3.89. The van der Waals surface area contributed by atoms with Crippen molar-refractivity contribution in [1.29, 1.82) is 0 Å². The van der Waals surface area contributed by atoms with Crippen molar-refractivity contribution >= 4 is 11.3 Å². The first-order valence-corrected chi connectivity index (χ1v) is 7.26. The van der Waals surface area contributed by atoms with E-state index >= 15 is 0 Å². The van der Waals surface area contributed by atoms with Crippen LogP contribution in [0, 0.1) is 5.92 Å². The van der Waals surface area contributed by atoms with Crippen molar-refractivity contribution in [3.05, 3.63) is 16.1 Å². The fourth-order valence-electron chi connectivity index (χ4n) is 2.04. The van der Waals surface area contributed by atoms with E-state index in [1.807, 2.05) is 11.3 Å². The number of thiazole rings is 1. The van der Waals surface area contributed by atoms with Gasteiger partial charge in [-0.25, -0.2) is 4.98 Å². The van der Waals surface area contributed by atoms with Crippen molar-refractivity contribution in [3.63, 3.8) is 0 Å². The van der Waals surface area contributed by atoms with Crippen LogP contribution in [0.25, 0.3) is 0 Å². The molecule has 1 aliphatic rings. The maximum atomic E-state index is 4.69. The summed E-state index contributed by atoms with van der Waals surface area (Å²) in [5.41, 5.74) is 1.33. The molecular weight excluding hydrogens is 216 g/mol. The molecule has 1 aliphatic carbocycles. The second-order valence-electron chi connectivity index (χ2n) is 5.08. The van der Waals surface area contributed by atoms with E-state index in [4.69, 9.17) is 4.98 Å². The normalized spacial score (nSPS) is 18.0. The van der Waals surface area contributed by atoms with Gasteiger partial charge in [0.15, 0.2) is 0 Å². The minimum absolute atomic E-state index is 0.619. The average Bonchev–Trinajstić information content (AvgIpc) is 3.00. The Kier molecular flexibility index (Phi) is 3.98. The molecule has 0 saturated heterocycles. The van der Waals surface area contributed by atoms with Crippen LogP contribution in [-0.4, -0.2) is 11.0 Å². The summed E-state index contributed by atoms with van der Waals surface area (Å²) in [6.45, 7) is 7.74. The molecule has 1 N–H and O–H groups in total. The number of rotatable bonds is 6. The van der Waals surface area contributed by atoms with Crippen molar-refractivity contribution < 1.29 is 0 Å². The smallest absolute Gasteiger partial charge is 0.107 e. The van der Waals surface area contributed by atoms with E-state index in [1.54, 1.807) is 0 Å². The van der Waals surface area contributed by atoms with Crippen LogP contribution < -0.4 is 5.32 Å². The number of aromatic nitrogens is 1. The molecule has 16 heavy (non-hydrogen) atoms. The Morgan fingerprint density at radius 1 is 1.50 bits per heavy atom. The van der Waals surface area contributed by atoms with Crippen LogP contribution in [0.3, 0.4) is 0 Å². The molecule has 1 fully saturated rings. The fourth-order valence-corrected chi connectivity index (χ4v) is 2.87. The average molecular weight is 238 g/mol. The van der Waals surface area contributed by atoms with Gasteiger partial charge in [-0.3, -0.25) is 0 Å². The zero-order valence-electron chi connectivity index (χ0n) is 10.5. The van der Waals surface area contributed by atoms with Crippen molar-refractivity contribution in [1.82, 2.24) is 10.3 Å². The van der Waals surface area contributed by atoms with Crippen LogP contribution in [0.5, 0.6) is 0 Å². The van der Waals surface area contributed by atoms with Crippen molar-refractivity contribution in [2.45, 2.75) is 58.5 Å². The Hall–Kier alpha value is -0.410. The monoisotopic (exact) mass is 238 g/mol.